The zero-order chi connectivity index (χ0) is 17.0. The molecule has 0 spiro atoms. The molecule has 0 aliphatic heterocycles. The van der Waals surface area contributed by atoms with Gasteiger partial charge in [0.25, 0.3) is 0 Å². The van der Waals surface area contributed by atoms with Crippen LogP contribution >= 0.6 is 11.6 Å². The smallest absolute Gasteiger partial charge is 0.244 e. The van der Waals surface area contributed by atoms with E-state index in [0.717, 1.165) is 5.56 Å². The van der Waals surface area contributed by atoms with E-state index in [2.05, 4.69) is 5.32 Å². The van der Waals surface area contributed by atoms with Crippen LogP contribution in [0.15, 0.2) is 42.5 Å². The molecular weight excluding hydrogens is 319 g/mol. The third-order valence-corrected chi connectivity index (χ3v) is 3.66. The van der Waals surface area contributed by atoms with Gasteiger partial charge in [0.2, 0.25) is 11.8 Å². The Balaban J connectivity index is 2.14. The van der Waals surface area contributed by atoms with Crippen LogP contribution in [-0.4, -0.2) is 18.4 Å². The van der Waals surface area contributed by atoms with E-state index in [9.17, 15) is 14.0 Å². The summed E-state index contributed by atoms with van der Waals surface area (Å²) in [4.78, 5) is 25.2. The molecule has 23 heavy (non-hydrogen) atoms. The van der Waals surface area contributed by atoms with E-state index in [0.29, 0.717) is 16.4 Å². The van der Waals surface area contributed by atoms with Gasteiger partial charge in [0.15, 0.2) is 0 Å². The van der Waals surface area contributed by atoms with Gasteiger partial charge in [0.1, 0.15) is 12.4 Å². The summed E-state index contributed by atoms with van der Waals surface area (Å²) in [6.45, 7) is 3.02. The summed E-state index contributed by atoms with van der Waals surface area (Å²) in [5.74, 6) is -1.17. The molecule has 0 atom stereocenters. The molecule has 0 aliphatic rings. The number of aryl methyl sites for hydroxylation is 1. The van der Waals surface area contributed by atoms with Crippen molar-refractivity contribution in [1.82, 2.24) is 0 Å². The lowest BCUT2D eigenvalue weighted by atomic mass is 10.2. The molecule has 2 aromatic carbocycles. The second-order valence-electron chi connectivity index (χ2n) is 5.10. The fourth-order valence-electron chi connectivity index (χ4n) is 2.04. The number of anilines is 2. The zero-order valence-electron chi connectivity index (χ0n) is 12.8. The van der Waals surface area contributed by atoms with Crippen molar-refractivity contribution in [3.8, 4) is 0 Å². The largest absolute Gasteiger partial charge is 0.324 e. The van der Waals surface area contributed by atoms with Crippen LogP contribution in [0.5, 0.6) is 0 Å². The van der Waals surface area contributed by atoms with Gasteiger partial charge in [-0.05, 0) is 42.8 Å². The minimum absolute atomic E-state index is 0.189. The Morgan fingerprint density at radius 1 is 1.22 bits per heavy atom. The monoisotopic (exact) mass is 334 g/mol. The third kappa shape index (κ3) is 4.53. The molecular formula is C17H16ClFN2O2. The molecule has 0 aliphatic carbocycles. The van der Waals surface area contributed by atoms with Gasteiger partial charge in [-0.25, -0.2) is 4.39 Å². The molecule has 0 fully saturated rings. The topological polar surface area (TPSA) is 49.4 Å². The van der Waals surface area contributed by atoms with Crippen molar-refractivity contribution in [1.29, 1.82) is 0 Å². The van der Waals surface area contributed by atoms with Crippen LogP contribution in [0.1, 0.15) is 12.5 Å². The zero-order valence-corrected chi connectivity index (χ0v) is 13.5. The Labute approximate surface area is 138 Å². The van der Waals surface area contributed by atoms with Crippen LogP contribution in [0.3, 0.4) is 0 Å². The standard InChI is InChI=1S/C17H16ClFN2O2/c1-11-6-7-15(9-16(11)18)21(12(2)22)10-17(23)20-14-5-3-4-13(19)8-14/h3-9H,10H2,1-2H3,(H,20,23). The average molecular weight is 335 g/mol. The highest BCUT2D eigenvalue weighted by Gasteiger charge is 2.16. The number of carbonyl (C=O) groups excluding carboxylic acids is 2. The van der Waals surface area contributed by atoms with E-state index in [4.69, 9.17) is 11.6 Å². The van der Waals surface area contributed by atoms with Gasteiger partial charge in [-0.1, -0.05) is 23.7 Å². The summed E-state index contributed by atoms with van der Waals surface area (Å²) in [6.07, 6.45) is 0. The van der Waals surface area contributed by atoms with Crippen LogP contribution in [0.2, 0.25) is 5.02 Å². The van der Waals surface area contributed by atoms with Gasteiger partial charge in [-0.15, -0.1) is 0 Å². The predicted molar refractivity (Wildman–Crippen MR) is 89.2 cm³/mol. The van der Waals surface area contributed by atoms with Crippen LogP contribution in [0.25, 0.3) is 0 Å². The maximum absolute atomic E-state index is 13.1. The van der Waals surface area contributed by atoms with E-state index < -0.39 is 11.7 Å². The molecule has 2 aromatic rings. The molecule has 0 radical (unpaired) electrons. The molecule has 2 rings (SSSR count). The maximum atomic E-state index is 13.1. The minimum atomic E-state index is -0.448. The van der Waals surface area contributed by atoms with E-state index >= 15 is 0 Å². The minimum Gasteiger partial charge on any atom is -0.324 e. The highest BCUT2D eigenvalue weighted by atomic mass is 35.5. The van der Waals surface area contributed by atoms with Gasteiger partial charge in [-0.3, -0.25) is 9.59 Å². The summed E-state index contributed by atoms with van der Waals surface area (Å²) in [5, 5.41) is 3.07. The average Bonchev–Trinajstić information content (AvgIpc) is 2.47. The lowest BCUT2D eigenvalue weighted by molar-refractivity contribution is -0.120. The Bertz CT molecular complexity index is 749. The fourth-order valence-corrected chi connectivity index (χ4v) is 2.22. The molecule has 0 heterocycles. The first-order valence-electron chi connectivity index (χ1n) is 6.96. The SMILES string of the molecule is CC(=O)N(CC(=O)Nc1cccc(F)c1)c1ccc(C)c(Cl)c1. The van der Waals surface area contributed by atoms with E-state index in [1.54, 1.807) is 24.3 Å². The van der Waals surface area contributed by atoms with Crippen LogP contribution in [0.4, 0.5) is 15.8 Å². The number of carbonyl (C=O) groups is 2. The summed E-state index contributed by atoms with van der Waals surface area (Å²) in [5.41, 5.74) is 1.74. The van der Waals surface area contributed by atoms with Crippen LogP contribution in [0, 0.1) is 12.7 Å². The van der Waals surface area contributed by atoms with Gasteiger partial charge < -0.3 is 10.2 Å². The van der Waals surface area contributed by atoms with Crippen molar-refractivity contribution in [2.45, 2.75) is 13.8 Å². The molecule has 0 unspecified atom stereocenters. The summed E-state index contributed by atoms with van der Waals surface area (Å²) in [6, 6.07) is 10.7. The molecule has 0 aromatic heterocycles. The van der Waals surface area contributed by atoms with Crippen molar-refractivity contribution in [2.24, 2.45) is 0 Å². The lowest BCUT2D eigenvalue weighted by Gasteiger charge is -2.21. The molecule has 1 N–H and O–H groups in total. The Hall–Kier alpha value is -2.40. The van der Waals surface area contributed by atoms with Gasteiger partial charge >= 0.3 is 0 Å². The summed E-state index contributed by atoms with van der Waals surface area (Å²) >= 11 is 6.07. The van der Waals surface area contributed by atoms with Crippen LogP contribution in [-0.2, 0) is 9.59 Å². The number of nitrogens with one attached hydrogen (secondary N) is 1. The van der Waals surface area contributed by atoms with Gasteiger partial charge in [0.05, 0.1) is 0 Å². The third-order valence-electron chi connectivity index (χ3n) is 3.26. The molecule has 4 nitrogen and oxygen atoms in total. The number of benzene rings is 2. The van der Waals surface area contributed by atoms with Crippen molar-refractivity contribution in [3.63, 3.8) is 0 Å². The Kier molecular flexibility index (Phi) is 5.34. The van der Waals surface area contributed by atoms with Gasteiger partial charge in [0, 0.05) is 23.3 Å². The van der Waals surface area contributed by atoms with E-state index in [1.165, 1.54) is 30.0 Å². The molecule has 0 saturated carbocycles. The first kappa shape index (κ1) is 17.0. The maximum Gasteiger partial charge on any atom is 0.244 e. The summed E-state index contributed by atoms with van der Waals surface area (Å²) in [7, 11) is 0. The van der Waals surface area contributed by atoms with Gasteiger partial charge in [-0.2, -0.15) is 0 Å². The predicted octanol–water partition coefficient (Wildman–Crippen LogP) is 3.78. The number of hydrogen-bond donors (Lipinski definition) is 1. The summed E-state index contributed by atoms with van der Waals surface area (Å²) < 4.78 is 13.1. The quantitative estimate of drug-likeness (QED) is 0.925. The normalized spacial score (nSPS) is 10.3. The van der Waals surface area contributed by atoms with E-state index in [1.807, 2.05) is 6.92 Å². The molecule has 0 saturated heterocycles. The first-order chi connectivity index (χ1) is 10.9. The number of rotatable bonds is 4. The second kappa shape index (κ2) is 7.24. The second-order valence-corrected chi connectivity index (χ2v) is 5.50. The van der Waals surface area contributed by atoms with Crippen molar-refractivity contribution in [3.05, 3.63) is 58.9 Å². The lowest BCUT2D eigenvalue weighted by Crippen LogP contribution is -2.36. The van der Waals surface area contributed by atoms with Crippen molar-refractivity contribution in [2.75, 3.05) is 16.8 Å². The first-order valence-corrected chi connectivity index (χ1v) is 7.34. The molecule has 120 valence electrons. The van der Waals surface area contributed by atoms with Crippen LogP contribution < -0.4 is 10.2 Å². The Morgan fingerprint density at radius 3 is 2.57 bits per heavy atom. The number of halogens is 2. The highest BCUT2D eigenvalue weighted by molar-refractivity contribution is 6.31. The van der Waals surface area contributed by atoms with Crippen molar-refractivity contribution < 1.29 is 14.0 Å². The molecule has 6 heteroatoms. The Morgan fingerprint density at radius 2 is 1.96 bits per heavy atom. The fraction of sp³-hybridized carbons (Fsp3) is 0.176. The number of nitrogens with zero attached hydrogens (tertiary/aromatic N) is 1. The number of amides is 2. The molecule has 2 amide bonds. The van der Waals surface area contributed by atoms with Crippen molar-refractivity contribution >= 4 is 34.8 Å². The number of hydrogen-bond acceptors (Lipinski definition) is 2. The molecule has 0 bridgehead atoms. The van der Waals surface area contributed by atoms with E-state index in [-0.39, 0.29) is 12.5 Å². The highest BCUT2D eigenvalue weighted by Crippen LogP contribution is 2.23.